The Morgan fingerprint density at radius 2 is 2.00 bits per heavy atom. The molecule has 1 fully saturated rings. The van der Waals surface area contributed by atoms with Crippen molar-refractivity contribution in [1.82, 2.24) is 10.6 Å². The third-order valence-corrected chi connectivity index (χ3v) is 4.65. The Kier molecular flexibility index (Phi) is 8.72. The Bertz CT molecular complexity index is 531. The van der Waals surface area contributed by atoms with Gasteiger partial charge in [0.05, 0.1) is 0 Å². The fourth-order valence-corrected chi connectivity index (χ4v) is 2.86. The van der Waals surface area contributed by atoms with Crippen molar-refractivity contribution in [2.75, 3.05) is 13.6 Å². The second kappa shape index (κ2) is 10.0. The molecule has 136 valence electrons. The minimum atomic E-state index is -2.82. The molecule has 0 radical (unpaired) electrons. The summed E-state index contributed by atoms with van der Waals surface area (Å²) in [6.45, 7) is 0.659. The highest BCUT2D eigenvalue weighted by Gasteiger charge is 2.34. The van der Waals surface area contributed by atoms with E-state index < -0.39 is 6.61 Å². The monoisotopic (exact) mass is 453 g/mol. The maximum absolute atomic E-state index is 12.4. The Morgan fingerprint density at radius 1 is 1.29 bits per heavy atom. The number of alkyl halides is 2. The largest absolute Gasteiger partial charge is 0.434 e. The highest BCUT2D eigenvalue weighted by atomic mass is 127. The van der Waals surface area contributed by atoms with E-state index in [1.807, 2.05) is 0 Å². The van der Waals surface area contributed by atoms with Crippen LogP contribution in [0.15, 0.2) is 29.3 Å². The first kappa shape index (κ1) is 20.9. The Labute approximate surface area is 159 Å². The molecule has 0 amide bonds. The number of benzene rings is 1. The summed E-state index contributed by atoms with van der Waals surface area (Å²) in [5.74, 6) is 0.867. The quantitative estimate of drug-likeness (QED) is 0.371. The zero-order valence-corrected chi connectivity index (χ0v) is 16.5. The molecule has 0 bridgehead atoms. The summed E-state index contributed by atoms with van der Waals surface area (Å²) in [5, 5.41) is 6.50. The minimum absolute atomic E-state index is 0. The molecule has 0 atom stereocenters. The van der Waals surface area contributed by atoms with E-state index in [4.69, 9.17) is 0 Å². The molecule has 7 heteroatoms. The third-order valence-electron chi connectivity index (χ3n) is 4.65. The standard InChI is InChI=1S/C17H25F2N3O.HI/c1-3-17(9-6-10-17)12-22-16(20-2)21-11-13-7-4-5-8-14(13)23-15(18)19;/h4-5,7-8,15H,3,6,9-12H2,1-2H3,(H2,20,21,22);1H. The molecule has 2 rings (SSSR count). The van der Waals surface area contributed by atoms with Gasteiger partial charge in [-0.1, -0.05) is 31.5 Å². The maximum atomic E-state index is 12.4. The Hall–Kier alpha value is -1.12. The lowest BCUT2D eigenvalue weighted by atomic mass is 9.67. The zero-order chi connectivity index (χ0) is 16.7. The first-order chi connectivity index (χ1) is 11.1. The SMILES string of the molecule is CCC1(CNC(=NC)NCc2ccccc2OC(F)F)CCC1.I. The molecule has 1 aromatic rings. The van der Waals surface area contributed by atoms with Crippen LogP contribution in [0.1, 0.15) is 38.2 Å². The van der Waals surface area contributed by atoms with Gasteiger partial charge in [-0.05, 0) is 30.7 Å². The number of hydrogen-bond donors (Lipinski definition) is 2. The number of nitrogens with one attached hydrogen (secondary N) is 2. The first-order valence-electron chi connectivity index (χ1n) is 8.06. The maximum Gasteiger partial charge on any atom is 0.387 e. The van der Waals surface area contributed by atoms with E-state index in [0.717, 1.165) is 13.0 Å². The van der Waals surface area contributed by atoms with Gasteiger partial charge >= 0.3 is 6.61 Å². The Balaban J connectivity index is 0.00000288. The van der Waals surface area contributed by atoms with Crippen molar-refractivity contribution in [2.45, 2.75) is 45.8 Å². The third kappa shape index (κ3) is 5.75. The number of guanidine groups is 1. The molecule has 1 aliphatic rings. The predicted molar refractivity (Wildman–Crippen MR) is 103 cm³/mol. The molecular weight excluding hydrogens is 427 g/mol. The number of ether oxygens (including phenoxy) is 1. The van der Waals surface area contributed by atoms with Gasteiger partial charge in [-0.2, -0.15) is 8.78 Å². The highest BCUT2D eigenvalue weighted by molar-refractivity contribution is 14.0. The number of hydrogen-bond acceptors (Lipinski definition) is 2. The molecule has 0 heterocycles. The first-order valence-corrected chi connectivity index (χ1v) is 8.06. The molecule has 0 aromatic heterocycles. The Morgan fingerprint density at radius 3 is 2.54 bits per heavy atom. The number of para-hydroxylation sites is 1. The average Bonchev–Trinajstić information content (AvgIpc) is 2.50. The number of aliphatic imine (C=N–C) groups is 1. The van der Waals surface area contributed by atoms with E-state index >= 15 is 0 Å². The fourth-order valence-electron chi connectivity index (χ4n) is 2.86. The highest BCUT2D eigenvalue weighted by Crippen LogP contribution is 2.42. The van der Waals surface area contributed by atoms with Crippen LogP contribution in [0.3, 0.4) is 0 Å². The van der Waals surface area contributed by atoms with Crippen LogP contribution in [0.5, 0.6) is 5.75 Å². The molecule has 1 aliphatic carbocycles. The molecular formula is C17H26F2IN3O. The van der Waals surface area contributed by atoms with Crippen LogP contribution < -0.4 is 15.4 Å². The smallest absolute Gasteiger partial charge is 0.387 e. The van der Waals surface area contributed by atoms with Crippen LogP contribution in [0.4, 0.5) is 8.78 Å². The van der Waals surface area contributed by atoms with Crippen LogP contribution >= 0.6 is 24.0 Å². The van der Waals surface area contributed by atoms with Gasteiger partial charge in [-0.3, -0.25) is 4.99 Å². The normalized spacial score (nSPS) is 16.1. The lowest BCUT2D eigenvalue weighted by molar-refractivity contribution is -0.0504. The van der Waals surface area contributed by atoms with Crippen molar-refractivity contribution in [3.05, 3.63) is 29.8 Å². The van der Waals surface area contributed by atoms with Gasteiger partial charge < -0.3 is 15.4 Å². The lowest BCUT2D eigenvalue weighted by Crippen LogP contribution is -2.46. The van der Waals surface area contributed by atoms with Crippen LogP contribution in [0.25, 0.3) is 0 Å². The molecule has 24 heavy (non-hydrogen) atoms. The van der Waals surface area contributed by atoms with Crippen molar-refractivity contribution < 1.29 is 13.5 Å². The van der Waals surface area contributed by atoms with Crippen molar-refractivity contribution >= 4 is 29.9 Å². The van der Waals surface area contributed by atoms with Gasteiger partial charge in [0.15, 0.2) is 5.96 Å². The molecule has 0 saturated heterocycles. The molecule has 0 spiro atoms. The second-order valence-corrected chi connectivity index (χ2v) is 5.97. The van der Waals surface area contributed by atoms with Gasteiger partial charge in [-0.15, -0.1) is 24.0 Å². The number of nitrogens with zero attached hydrogens (tertiary/aromatic N) is 1. The summed E-state index contributed by atoms with van der Waals surface area (Å²) in [6, 6.07) is 6.78. The van der Waals surface area contributed by atoms with E-state index in [2.05, 4.69) is 27.3 Å². The zero-order valence-electron chi connectivity index (χ0n) is 14.1. The molecule has 1 aromatic carbocycles. The van der Waals surface area contributed by atoms with Crippen molar-refractivity contribution in [2.24, 2.45) is 10.4 Å². The summed E-state index contributed by atoms with van der Waals surface area (Å²) in [7, 11) is 1.70. The molecule has 1 saturated carbocycles. The van der Waals surface area contributed by atoms with Crippen LogP contribution in [0, 0.1) is 5.41 Å². The van der Waals surface area contributed by atoms with Gasteiger partial charge in [0.2, 0.25) is 0 Å². The minimum Gasteiger partial charge on any atom is -0.434 e. The van der Waals surface area contributed by atoms with Crippen LogP contribution in [-0.4, -0.2) is 26.2 Å². The van der Waals surface area contributed by atoms with E-state index in [9.17, 15) is 8.78 Å². The van der Waals surface area contributed by atoms with Gasteiger partial charge in [0, 0.05) is 25.7 Å². The summed E-state index contributed by atoms with van der Waals surface area (Å²) in [4.78, 5) is 4.19. The predicted octanol–water partition coefficient (Wildman–Crippen LogP) is 4.15. The van der Waals surface area contributed by atoms with Crippen LogP contribution in [0.2, 0.25) is 0 Å². The summed E-state index contributed by atoms with van der Waals surface area (Å²) in [6.07, 6.45) is 4.94. The van der Waals surface area contributed by atoms with Gasteiger partial charge in [-0.25, -0.2) is 0 Å². The van der Waals surface area contributed by atoms with E-state index in [-0.39, 0.29) is 29.7 Å². The van der Waals surface area contributed by atoms with E-state index in [1.165, 1.54) is 19.3 Å². The molecule has 0 unspecified atom stereocenters. The van der Waals surface area contributed by atoms with Gasteiger partial charge in [0.25, 0.3) is 0 Å². The lowest BCUT2D eigenvalue weighted by Gasteiger charge is -2.41. The summed E-state index contributed by atoms with van der Waals surface area (Å²) >= 11 is 0. The summed E-state index contributed by atoms with van der Waals surface area (Å²) in [5.41, 5.74) is 1.05. The molecule has 0 aliphatic heterocycles. The topological polar surface area (TPSA) is 45.7 Å². The molecule has 2 N–H and O–H groups in total. The van der Waals surface area contributed by atoms with E-state index in [0.29, 0.717) is 23.5 Å². The second-order valence-electron chi connectivity index (χ2n) is 5.97. The van der Waals surface area contributed by atoms with Gasteiger partial charge in [0.1, 0.15) is 5.75 Å². The van der Waals surface area contributed by atoms with Crippen LogP contribution in [-0.2, 0) is 6.54 Å². The summed E-state index contributed by atoms with van der Waals surface area (Å²) < 4.78 is 29.4. The molecule has 4 nitrogen and oxygen atoms in total. The van der Waals surface area contributed by atoms with E-state index in [1.54, 1.807) is 31.3 Å². The van der Waals surface area contributed by atoms with Crippen molar-refractivity contribution in [3.63, 3.8) is 0 Å². The van der Waals surface area contributed by atoms with Crippen molar-refractivity contribution in [1.29, 1.82) is 0 Å². The average molecular weight is 453 g/mol. The number of halogens is 3. The van der Waals surface area contributed by atoms with Crippen molar-refractivity contribution in [3.8, 4) is 5.75 Å². The number of rotatable bonds is 7. The fraction of sp³-hybridized carbons (Fsp3) is 0.588.